The molecule has 180 valence electrons. The number of fused-ring (bicyclic) bond motifs is 1. The van der Waals surface area contributed by atoms with Crippen molar-refractivity contribution in [2.24, 2.45) is 10.1 Å². The Morgan fingerprint density at radius 3 is 2.53 bits per heavy atom. The number of amides is 1. The van der Waals surface area contributed by atoms with Crippen molar-refractivity contribution in [1.82, 2.24) is 5.01 Å². The van der Waals surface area contributed by atoms with Crippen LogP contribution < -0.4 is 4.74 Å². The average Bonchev–Trinajstić information content (AvgIpc) is 3.30. The predicted molar refractivity (Wildman–Crippen MR) is 150 cm³/mol. The third-order valence-corrected chi connectivity index (χ3v) is 7.68. The number of nitrogens with zero attached hydrogens (tertiary/aromatic N) is 3. The first kappa shape index (κ1) is 24.6. The minimum absolute atomic E-state index is 0.0286. The Morgan fingerprint density at radius 2 is 1.78 bits per heavy atom. The first-order valence-corrected chi connectivity index (χ1v) is 13.4. The number of carbonyl (C=O) groups excluding carboxylic acids is 1. The number of hydrazone groups is 1. The van der Waals surface area contributed by atoms with Crippen LogP contribution in [0.4, 0.5) is 0 Å². The van der Waals surface area contributed by atoms with Crippen molar-refractivity contribution >= 4 is 74.8 Å². The van der Waals surface area contributed by atoms with E-state index in [-0.39, 0.29) is 11.4 Å². The third-order valence-electron chi connectivity index (χ3n) is 5.18. The summed E-state index contributed by atoms with van der Waals surface area (Å²) in [6.45, 7) is 0.548. The van der Waals surface area contributed by atoms with E-state index in [1.807, 2.05) is 66.7 Å². The summed E-state index contributed by atoms with van der Waals surface area (Å²) in [4.78, 5) is 18.0. The zero-order chi connectivity index (χ0) is 25.1. The fourth-order valence-corrected chi connectivity index (χ4v) is 5.48. The smallest absolute Gasteiger partial charge is 0.283 e. The normalized spacial score (nSPS) is 16.2. The van der Waals surface area contributed by atoms with Crippen molar-refractivity contribution in [3.63, 3.8) is 0 Å². The van der Waals surface area contributed by atoms with Gasteiger partial charge in [-0.3, -0.25) is 10.2 Å². The lowest BCUT2D eigenvalue weighted by Gasteiger charge is -2.20. The highest BCUT2D eigenvalue weighted by atomic mass is 35.5. The van der Waals surface area contributed by atoms with Gasteiger partial charge in [0.1, 0.15) is 10.8 Å². The summed E-state index contributed by atoms with van der Waals surface area (Å²) in [6, 6.07) is 22.4. The Morgan fingerprint density at radius 1 is 1.03 bits per heavy atom. The first-order chi connectivity index (χ1) is 17.5. The molecule has 0 aromatic heterocycles. The van der Waals surface area contributed by atoms with E-state index < -0.39 is 5.91 Å². The molecule has 2 heterocycles. The van der Waals surface area contributed by atoms with Crippen LogP contribution >= 0.6 is 46.7 Å². The van der Waals surface area contributed by atoms with Crippen LogP contribution in [-0.2, 0) is 4.79 Å². The number of aliphatic imine (C=N–C) groups is 1. The summed E-state index contributed by atoms with van der Waals surface area (Å²) in [5.74, 6) is 1.02. The van der Waals surface area contributed by atoms with Gasteiger partial charge in [-0.25, -0.2) is 0 Å². The van der Waals surface area contributed by atoms with Crippen LogP contribution in [0, 0.1) is 5.41 Å². The molecule has 0 atom stereocenters. The Kier molecular flexibility index (Phi) is 7.48. The molecule has 2 aliphatic heterocycles. The molecule has 0 spiro atoms. The fourth-order valence-electron chi connectivity index (χ4n) is 3.41. The van der Waals surface area contributed by atoms with Gasteiger partial charge in [0.15, 0.2) is 5.84 Å². The standard InChI is InChI=1S/C26H18Cl2N4O2S2/c27-17-7-11-19(12-8-17)35-14-13-34-18-9-5-16(6-10-18)15-21-23(29)32-26(30-24(21)33)36-25(31-32)20-3-1-2-4-22(20)28/h1-12,15,29H,13-14H2/b21-15-,29-23?. The van der Waals surface area contributed by atoms with Gasteiger partial charge < -0.3 is 4.74 Å². The Balaban J connectivity index is 1.23. The van der Waals surface area contributed by atoms with E-state index in [0.717, 1.165) is 32.5 Å². The van der Waals surface area contributed by atoms with Gasteiger partial charge in [-0.2, -0.15) is 15.1 Å². The van der Waals surface area contributed by atoms with Crippen molar-refractivity contribution < 1.29 is 9.53 Å². The highest BCUT2D eigenvalue weighted by Gasteiger charge is 2.36. The lowest BCUT2D eigenvalue weighted by molar-refractivity contribution is -0.114. The number of carbonyl (C=O) groups is 1. The van der Waals surface area contributed by atoms with Gasteiger partial charge in [0.25, 0.3) is 5.91 Å². The molecule has 1 amide bonds. The summed E-state index contributed by atoms with van der Waals surface area (Å²) in [5.41, 5.74) is 1.65. The van der Waals surface area contributed by atoms with E-state index in [9.17, 15) is 4.79 Å². The minimum atomic E-state index is -0.478. The van der Waals surface area contributed by atoms with Crippen molar-refractivity contribution in [1.29, 1.82) is 5.41 Å². The molecule has 0 saturated carbocycles. The SMILES string of the molecule is N=C1/C(=C/c2ccc(OCCSc3ccc(Cl)cc3)cc2)C(=O)N=C2SC(c3ccccc3Cl)=NN12. The highest BCUT2D eigenvalue weighted by Crippen LogP contribution is 2.33. The molecule has 0 unspecified atom stereocenters. The van der Waals surface area contributed by atoms with Crippen molar-refractivity contribution in [2.45, 2.75) is 4.90 Å². The molecule has 5 rings (SSSR count). The number of hydrogen-bond donors (Lipinski definition) is 1. The molecule has 0 aliphatic carbocycles. The molecule has 36 heavy (non-hydrogen) atoms. The third kappa shape index (κ3) is 5.52. The minimum Gasteiger partial charge on any atom is -0.493 e. The van der Waals surface area contributed by atoms with Crippen LogP contribution in [0.2, 0.25) is 10.0 Å². The van der Waals surface area contributed by atoms with Crippen molar-refractivity contribution in [2.75, 3.05) is 12.4 Å². The molecule has 1 N–H and O–H groups in total. The molecular weight excluding hydrogens is 535 g/mol. The molecule has 6 nitrogen and oxygen atoms in total. The molecule has 0 bridgehead atoms. The Labute approximate surface area is 226 Å². The van der Waals surface area contributed by atoms with Crippen molar-refractivity contribution in [3.05, 3.63) is 99.5 Å². The van der Waals surface area contributed by atoms with Gasteiger partial charge in [0.2, 0.25) is 5.17 Å². The molecule has 2 aliphatic rings. The van der Waals surface area contributed by atoms with Gasteiger partial charge >= 0.3 is 0 Å². The fraction of sp³-hybridized carbons (Fsp3) is 0.0769. The summed E-state index contributed by atoms with van der Waals surface area (Å²) in [6.07, 6.45) is 1.64. The van der Waals surface area contributed by atoms with Gasteiger partial charge in [0.05, 0.1) is 17.2 Å². The maximum atomic E-state index is 12.7. The largest absolute Gasteiger partial charge is 0.493 e. The zero-order valence-electron chi connectivity index (χ0n) is 18.7. The lowest BCUT2D eigenvalue weighted by Crippen LogP contribution is -2.35. The van der Waals surface area contributed by atoms with E-state index in [2.05, 4.69) is 10.1 Å². The van der Waals surface area contributed by atoms with E-state index in [1.165, 1.54) is 16.8 Å². The quantitative estimate of drug-likeness (QED) is 0.197. The summed E-state index contributed by atoms with van der Waals surface area (Å²) in [5, 5.41) is 16.6. The number of rotatable bonds is 7. The first-order valence-electron chi connectivity index (χ1n) is 10.8. The van der Waals surface area contributed by atoms with Gasteiger partial charge in [-0.15, -0.1) is 11.8 Å². The predicted octanol–water partition coefficient (Wildman–Crippen LogP) is 6.83. The molecule has 0 radical (unpaired) electrons. The van der Waals surface area contributed by atoms with Crippen LogP contribution in [0.5, 0.6) is 5.75 Å². The molecular formula is C26H18Cl2N4O2S2. The van der Waals surface area contributed by atoms with Gasteiger partial charge in [0, 0.05) is 21.2 Å². The number of thioether (sulfide) groups is 2. The monoisotopic (exact) mass is 552 g/mol. The summed E-state index contributed by atoms with van der Waals surface area (Å²) >= 11 is 15.1. The maximum Gasteiger partial charge on any atom is 0.283 e. The van der Waals surface area contributed by atoms with Crippen LogP contribution in [0.25, 0.3) is 6.08 Å². The molecule has 3 aromatic carbocycles. The van der Waals surface area contributed by atoms with E-state index in [0.29, 0.717) is 21.8 Å². The van der Waals surface area contributed by atoms with Crippen LogP contribution in [-0.4, -0.2) is 39.3 Å². The number of halogens is 2. The van der Waals surface area contributed by atoms with E-state index in [4.69, 9.17) is 33.3 Å². The van der Waals surface area contributed by atoms with E-state index >= 15 is 0 Å². The second-order valence-electron chi connectivity index (χ2n) is 7.62. The van der Waals surface area contributed by atoms with Gasteiger partial charge in [-0.1, -0.05) is 53.5 Å². The van der Waals surface area contributed by atoms with Crippen LogP contribution in [0.1, 0.15) is 11.1 Å². The number of amidine groups is 2. The zero-order valence-corrected chi connectivity index (χ0v) is 21.8. The average molecular weight is 553 g/mol. The second kappa shape index (κ2) is 10.9. The van der Waals surface area contributed by atoms with Crippen LogP contribution in [0.15, 0.2) is 93.4 Å². The van der Waals surface area contributed by atoms with E-state index in [1.54, 1.807) is 23.9 Å². The second-order valence-corrected chi connectivity index (χ2v) is 10.6. The number of ether oxygens (including phenoxy) is 1. The maximum absolute atomic E-state index is 12.7. The molecule has 10 heteroatoms. The topological polar surface area (TPSA) is 78.1 Å². The Hall–Kier alpha value is -3.04. The number of hydrogen-bond acceptors (Lipinski definition) is 6. The van der Waals surface area contributed by atoms with Crippen molar-refractivity contribution in [3.8, 4) is 5.75 Å². The highest BCUT2D eigenvalue weighted by molar-refractivity contribution is 8.27. The van der Waals surface area contributed by atoms with Gasteiger partial charge in [-0.05, 0) is 65.9 Å². The summed E-state index contributed by atoms with van der Waals surface area (Å²) in [7, 11) is 0. The Bertz CT molecular complexity index is 1420. The molecule has 3 aromatic rings. The molecule has 0 saturated heterocycles. The number of benzene rings is 3. The van der Waals surface area contributed by atoms with Crippen LogP contribution in [0.3, 0.4) is 0 Å². The lowest BCUT2D eigenvalue weighted by atomic mass is 10.1. The number of nitrogens with one attached hydrogen (secondary N) is 1. The molecule has 0 fully saturated rings. The summed E-state index contributed by atoms with van der Waals surface area (Å²) < 4.78 is 5.82.